The normalized spacial score (nSPS) is 18.6. The van der Waals surface area contributed by atoms with E-state index in [9.17, 15) is 27.6 Å². The van der Waals surface area contributed by atoms with Crippen LogP contribution >= 0.6 is 0 Å². The molecule has 0 unspecified atom stereocenters. The van der Waals surface area contributed by atoms with Gasteiger partial charge < -0.3 is 24.4 Å². The molecule has 0 radical (unpaired) electrons. The lowest BCUT2D eigenvalue weighted by Crippen LogP contribution is -2.51. The van der Waals surface area contributed by atoms with Crippen molar-refractivity contribution in [3.05, 3.63) is 0 Å². The molecule has 0 aromatic heterocycles. The summed E-state index contributed by atoms with van der Waals surface area (Å²) >= 11 is 0. The Kier molecular flexibility index (Phi) is 13.5. The Morgan fingerprint density at radius 3 is 2.30 bits per heavy atom. The number of urea groups is 1. The Bertz CT molecular complexity index is 983. The van der Waals surface area contributed by atoms with Gasteiger partial charge in [0.1, 0.15) is 18.2 Å². The second kappa shape index (κ2) is 15.3. The molecular formula is C23H42N4O12S. The molecule has 1 saturated heterocycles. The third-order valence-corrected chi connectivity index (χ3v) is 6.12. The predicted octanol–water partition coefficient (Wildman–Crippen LogP) is 0.872. The first-order chi connectivity index (χ1) is 18.4. The first-order valence-corrected chi connectivity index (χ1v) is 13.9. The van der Waals surface area contributed by atoms with Crippen LogP contribution in [-0.4, -0.2) is 107 Å². The van der Waals surface area contributed by atoms with E-state index in [0.717, 1.165) is 4.90 Å². The smallest absolute Gasteiger partial charge is 0.421 e. The van der Waals surface area contributed by atoms with E-state index in [1.54, 1.807) is 20.8 Å². The van der Waals surface area contributed by atoms with Gasteiger partial charge in [-0.1, -0.05) is 0 Å². The summed E-state index contributed by atoms with van der Waals surface area (Å²) in [5, 5.41) is 3.06. The first-order valence-electron chi connectivity index (χ1n) is 12.6. The molecule has 0 aromatic carbocycles. The minimum Gasteiger partial charge on any atom is -0.463 e. The molecule has 4 amide bonds. The summed E-state index contributed by atoms with van der Waals surface area (Å²) in [7, 11) is -2.04. The lowest BCUT2D eigenvalue weighted by atomic mass is 9.95. The molecule has 1 aliphatic rings. The standard InChI is InChI=1S/C23H42N4O12S/c1-16-9-10-17(18(28)25-36-12-11-24-20(30)38-22(2,3)4)26(7)21(31)27(16)39-40(32,33)37-15-23(5,6)19(29)35-14-13-34-8/h16-17H,9-15H2,1-8H3,(H,24,30)(H,25,28)/t16-,17-/m0/s1. The number of hydrogen-bond acceptors (Lipinski definition) is 12. The fourth-order valence-corrected chi connectivity index (χ4v) is 4.01. The Morgan fingerprint density at radius 2 is 1.70 bits per heavy atom. The van der Waals surface area contributed by atoms with Crippen LogP contribution in [-0.2, 0) is 47.5 Å². The van der Waals surface area contributed by atoms with E-state index < -0.39 is 64.1 Å². The summed E-state index contributed by atoms with van der Waals surface area (Å²) in [6, 6.07) is -2.67. The van der Waals surface area contributed by atoms with Gasteiger partial charge in [0.05, 0.1) is 31.3 Å². The average molecular weight is 599 g/mol. The van der Waals surface area contributed by atoms with Crippen LogP contribution in [0, 0.1) is 5.41 Å². The Balaban J connectivity index is 2.66. The van der Waals surface area contributed by atoms with Crippen LogP contribution in [0.4, 0.5) is 9.59 Å². The Morgan fingerprint density at radius 1 is 1.05 bits per heavy atom. The highest BCUT2D eigenvalue weighted by atomic mass is 32.3. The fraction of sp³-hybridized carbons (Fsp3) is 0.826. The fourth-order valence-electron chi connectivity index (χ4n) is 3.12. The van der Waals surface area contributed by atoms with Crippen molar-refractivity contribution in [3.8, 4) is 0 Å². The number of likely N-dealkylation sites (N-methyl/N-ethyl adjacent to an activating group) is 1. The van der Waals surface area contributed by atoms with Crippen molar-refractivity contribution in [3.63, 3.8) is 0 Å². The van der Waals surface area contributed by atoms with E-state index in [2.05, 4.69) is 10.8 Å². The molecule has 1 aliphatic heterocycles. The highest BCUT2D eigenvalue weighted by molar-refractivity contribution is 7.81. The molecule has 2 atom stereocenters. The molecule has 0 bridgehead atoms. The second-order valence-electron chi connectivity index (χ2n) is 10.7. The van der Waals surface area contributed by atoms with Crippen molar-refractivity contribution >= 4 is 34.4 Å². The number of carbonyl (C=O) groups is 4. The van der Waals surface area contributed by atoms with Gasteiger partial charge in [0.25, 0.3) is 5.91 Å². The zero-order valence-corrected chi connectivity index (χ0v) is 25.1. The third kappa shape index (κ3) is 12.2. The number of methoxy groups -OCH3 is 1. The number of carbonyl (C=O) groups excluding carboxylic acids is 4. The van der Waals surface area contributed by atoms with Gasteiger partial charge >= 0.3 is 28.5 Å². The van der Waals surface area contributed by atoms with E-state index in [1.165, 1.54) is 34.9 Å². The van der Waals surface area contributed by atoms with Crippen molar-refractivity contribution in [2.45, 2.75) is 72.1 Å². The van der Waals surface area contributed by atoms with Crippen LogP contribution in [0.15, 0.2) is 0 Å². The van der Waals surface area contributed by atoms with E-state index in [1.807, 2.05) is 0 Å². The molecule has 2 N–H and O–H groups in total. The van der Waals surface area contributed by atoms with Gasteiger partial charge in [-0.2, -0.15) is 13.5 Å². The second-order valence-corrected chi connectivity index (χ2v) is 11.9. The molecule has 1 fully saturated rings. The van der Waals surface area contributed by atoms with Crippen LogP contribution < -0.4 is 10.8 Å². The van der Waals surface area contributed by atoms with Gasteiger partial charge in [-0.3, -0.25) is 14.4 Å². The monoisotopic (exact) mass is 598 g/mol. The van der Waals surface area contributed by atoms with E-state index in [0.29, 0.717) is 5.06 Å². The number of amides is 4. The maximum atomic E-state index is 13.0. The first kappa shape index (κ1) is 35.3. The molecule has 0 saturated carbocycles. The Labute approximate surface area is 235 Å². The van der Waals surface area contributed by atoms with Crippen LogP contribution in [0.1, 0.15) is 54.4 Å². The van der Waals surface area contributed by atoms with Crippen molar-refractivity contribution in [1.82, 2.24) is 20.8 Å². The van der Waals surface area contributed by atoms with E-state index in [4.69, 9.17) is 27.5 Å². The molecular weight excluding hydrogens is 556 g/mol. The molecule has 1 heterocycles. The minimum atomic E-state index is -4.78. The van der Waals surface area contributed by atoms with Gasteiger partial charge in [0, 0.05) is 20.7 Å². The SMILES string of the molecule is COCCOC(=O)C(C)(C)COS(=O)(=O)ON1C(=O)N(C)[C@H](C(=O)NOCCNC(=O)OC(C)(C)C)CC[C@@H]1C. The zero-order chi connectivity index (χ0) is 30.7. The molecule has 0 aromatic rings. The number of alkyl carbamates (subject to hydrolysis) is 1. The van der Waals surface area contributed by atoms with Crippen LogP contribution in [0.25, 0.3) is 0 Å². The average Bonchev–Trinajstić information content (AvgIpc) is 2.93. The molecule has 1 rings (SSSR count). The predicted molar refractivity (Wildman–Crippen MR) is 138 cm³/mol. The molecule has 0 aliphatic carbocycles. The topological polar surface area (TPSA) is 188 Å². The lowest BCUT2D eigenvalue weighted by molar-refractivity contribution is -0.157. The highest BCUT2D eigenvalue weighted by Crippen LogP contribution is 2.24. The van der Waals surface area contributed by atoms with Gasteiger partial charge in [-0.25, -0.2) is 19.3 Å². The lowest BCUT2D eigenvalue weighted by Gasteiger charge is -2.29. The van der Waals surface area contributed by atoms with Gasteiger partial charge in [-0.05, 0) is 54.4 Å². The van der Waals surface area contributed by atoms with Gasteiger partial charge in [0.15, 0.2) is 0 Å². The Hall–Kier alpha value is -2.73. The molecule has 232 valence electrons. The van der Waals surface area contributed by atoms with Crippen molar-refractivity contribution < 1.29 is 55.1 Å². The largest absolute Gasteiger partial charge is 0.463 e. The maximum absolute atomic E-state index is 13.0. The zero-order valence-electron chi connectivity index (χ0n) is 24.3. The van der Waals surface area contributed by atoms with E-state index in [-0.39, 0.29) is 39.2 Å². The minimum absolute atomic E-state index is 0.0170. The van der Waals surface area contributed by atoms with Gasteiger partial charge in [0.2, 0.25) is 0 Å². The quantitative estimate of drug-likeness (QED) is 0.163. The number of ether oxygens (including phenoxy) is 3. The molecule has 40 heavy (non-hydrogen) atoms. The van der Waals surface area contributed by atoms with Crippen LogP contribution in [0.5, 0.6) is 0 Å². The van der Waals surface area contributed by atoms with Gasteiger partial charge in [-0.15, -0.1) is 4.28 Å². The summed E-state index contributed by atoms with van der Waals surface area (Å²) in [6.07, 6.45) is -0.285. The van der Waals surface area contributed by atoms with Crippen molar-refractivity contribution in [2.75, 3.05) is 47.1 Å². The van der Waals surface area contributed by atoms with Crippen molar-refractivity contribution in [1.29, 1.82) is 0 Å². The highest BCUT2D eigenvalue weighted by Gasteiger charge is 2.40. The molecule has 16 nitrogen and oxygen atoms in total. The number of nitrogens with zero attached hydrogens (tertiary/aromatic N) is 2. The number of hydroxylamine groups is 3. The molecule has 17 heteroatoms. The molecule has 0 spiro atoms. The number of esters is 1. The van der Waals surface area contributed by atoms with Crippen LogP contribution in [0.2, 0.25) is 0 Å². The summed E-state index contributed by atoms with van der Waals surface area (Å²) in [4.78, 5) is 55.6. The van der Waals surface area contributed by atoms with Crippen LogP contribution in [0.3, 0.4) is 0 Å². The summed E-state index contributed by atoms with van der Waals surface area (Å²) in [5.74, 6) is -1.37. The number of rotatable bonds is 14. The van der Waals surface area contributed by atoms with E-state index >= 15 is 0 Å². The number of nitrogens with one attached hydrogen (secondary N) is 2. The third-order valence-electron chi connectivity index (χ3n) is 5.37. The summed E-state index contributed by atoms with van der Waals surface area (Å²) < 4.78 is 49.7. The van der Waals surface area contributed by atoms with Crippen molar-refractivity contribution in [2.24, 2.45) is 5.41 Å². The number of hydrogen-bond donors (Lipinski definition) is 2. The summed E-state index contributed by atoms with van der Waals surface area (Å²) in [5.41, 5.74) is 0.210. The summed E-state index contributed by atoms with van der Waals surface area (Å²) in [6.45, 7) is 9.04. The maximum Gasteiger partial charge on any atom is 0.421 e.